The Hall–Kier alpha value is -2.61. The monoisotopic (exact) mass is 396 g/mol. The third-order valence-electron chi connectivity index (χ3n) is 4.98. The number of benzene rings is 1. The fraction of sp³-hybridized carbons (Fsp3) is 0.400. The second-order valence-corrected chi connectivity index (χ2v) is 8.02. The fourth-order valence-electron chi connectivity index (χ4n) is 3.57. The highest BCUT2D eigenvalue weighted by Gasteiger charge is 2.25. The Bertz CT molecular complexity index is 995. The molecule has 8 heteroatoms. The molecule has 2 aromatic heterocycles. The summed E-state index contributed by atoms with van der Waals surface area (Å²) in [6.07, 6.45) is 0. The van der Waals surface area contributed by atoms with E-state index in [0.29, 0.717) is 18.8 Å². The van der Waals surface area contributed by atoms with Gasteiger partial charge in [0.05, 0.1) is 11.4 Å². The van der Waals surface area contributed by atoms with Crippen LogP contribution >= 0.6 is 11.8 Å². The van der Waals surface area contributed by atoms with Crippen molar-refractivity contribution < 1.29 is 4.79 Å². The predicted molar refractivity (Wildman–Crippen MR) is 112 cm³/mol. The van der Waals surface area contributed by atoms with E-state index < -0.39 is 0 Å². The van der Waals surface area contributed by atoms with Gasteiger partial charge in [-0.05, 0) is 26.0 Å². The molecule has 3 heterocycles. The molecule has 0 spiro atoms. The van der Waals surface area contributed by atoms with Gasteiger partial charge in [-0.25, -0.2) is 9.97 Å². The Labute approximate surface area is 168 Å². The van der Waals surface area contributed by atoms with Gasteiger partial charge in [-0.15, -0.1) is 11.8 Å². The number of anilines is 1. The standard InChI is InChI=1S/C20H24N6OS/c1-14-18-19(24(3)23-14)20(22-15(2)21-18)26-11-9-25(10-12-26)17(27)13-28-16-7-5-4-6-8-16/h4-8H,9-13H2,1-3H3. The third kappa shape index (κ3) is 3.69. The van der Waals surface area contributed by atoms with Crippen molar-refractivity contribution in [1.82, 2.24) is 24.6 Å². The number of amides is 1. The quantitative estimate of drug-likeness (QED) is 0.631. The van der Waals surface area contributed by atoms with E-state index in [1.54, 1.807) is 11.8 Å². The molecule has 1 saturated heterocycles. The van der Waals surface area contributed by atoms with Gasteiger partial charge in [-0.3, -0.25) is 9.48 Å². The van der Waals surface area contributed by atoms with Crippen LogP contribution in [0.3, 0.4) is 0 Å². The molecule has 28 heavy (non-hydrogen) atoms. The molecular weight excluding hydrogens is 372 g/mol. The second-order valence-electron chi connectivity index (χ2n) is 6.97. The summed E-state index contributed by atoms with van der Waals surface area (Å²) in [5, 5.41) is 4.50. The van der Waals surface area contributed by atoms with Gasteiger partial charge >= 0.3 is 0 Å². The van der Waals surface area contributed by atoms with Gasteiger partial charge in [0.15, 0.2) is 5.82 Å². The minimum absolute atomic E-state index is 0.189. The number of piperazine rings is 1. The maximum atomic E-state index is 12.6. The molecule has 1 aliphatic rings. The molecule has 1 fully saturated rings. The maximum absolute atomic E-state index is 12.6. The van der Waals surface area contributed by atoms with Crippen molar-refractivity contribution in [2.45, 2.75) is 18.7 Å². The number of hydrogen-bond acceptors (Lipinski definition) is 6. The van der Waals surface area contributed by atoms with Gasteiger partial charge in [0, 0.05) is 38.1 Å². The zero-order valence-corrected chi connectivity index (χ0v) is 17.2. The summed E-state index contributed by atoms with van der Waals surface area (Å²) in [6, 6.07) is 10.1. The molecule has 4 rings (SSSR count). The number of fused-ring (bicyclic) bond motifs is 1. The molecule has 1 amide bonds. The van der Waals surface area contributed by atoms with Crippen LogP contribution in [0.4, 0.5) is 5.82 Å². The lowest BCUT2D eigenvalue weighted by atomic mass is 10.2. The highest BCUT2D eigenvalue weighted by Crippen LogP contribution is 2.26. The molecule has 0 aliphatic carbocycles. The van der Waals surface area contributed by atoms with Crippen LogP contribution in [0.1, 0.15) is 11.5 Å². The largest absolute Gasteiger partial charge is 0.351 e. The van der Waals surface area contributed by atoms with Gasteiger partial charge in [0.1, 0.15) is 16.9 Å². The van der Waals surface area contributed by atoms with Crippen molar-refractivity contribution in [3.8, 4) is 0 Å². The van der Waals surface area contributed by atoms with E-state index >= 15 is 0 Å². The Kier molecular flexibility index (Phi) is 5.21. The van der Waals surface area contributed by atoms with Crippen LogP contribution in [0.25, 0.3) is 11.0 Å². The van der Waals surface area contributed by atoms with Crippen molar-refractivity contribution in [2.24, 2.45) is 7.05 Å². The molecule has 0 N–H and O–H groups in total. The van der Waals surface area contributed by atoms with Gasteiger partial charge in [-0.2, -0.15) is 5.10 Å². The van der Waals surface area contributed by atoms with Crippen LogP contribution in [-0.4, -0.2) is 62.5 Å². The minimum Gasteiger partial charge on any atom is -0.351 e. The first-order chi connectivity index (χ1) is 13.5. The number of carbonyl (C=O) groups is 1. The van der Waals surface area contributed by atoms with E-state index in [4.69, 9.17) is 4.98 Å². The van der Waals surface area contributed by atoms with Crippen LogP contribution in [0, 0.1) is 13.8 Å². The van der Waals surface area contributed by atoms with Crippen molar-refractivity contribution in [3.05, 3.63) is 41.9 Å². The summed E-state index contributed by atoms with van der Waals surface area (Å²) < 4.78 is 1.85. The normalized spacial score (nSPS) is 14.7. The van der Waals surface area contributed by atoms with Gasteiger partial charge in [-0.1, -0.05) is 18.2 Å². The number of rotatable bonds is 4. The van der Waals surface area contributed by atoms with E-state index in [2.05, 4.69) is 15.0 Å². The average Bonchev–Trinajstić information content (AvgIpc) is 3.00. The van der Waals surface area contributed by atoms with Gasteiger partial charge in [0.25, 0.3) is 0 Å². The Balaban J connectivity index is 1.43. The number of nitrogens with zero attached hydrogens (tertiary/aromatic N) is 6. The number of carbonyl (C=O) groups excluding carboxylic acids is 1. The van der Waals surface area contributed by atoms with Gasteiger partial charge in [0.2, 0.25) is 5.91 Å². The summed E-state index contributed by atoms with van der Waals surface area (Å²) in [6.45, 7) is 6.82. The van der Waals surface area contributed by atoms with Gasteiger partial charge < -0.3 is 9.80 Å². The number of thioether (sulfide) groups is 1. The van der Waals surface area contributed by atoms with E-state index in [0.717, 1.165) is 46.4 Å². The summed E-state index contributed by atoms with van der Waals surface area (Å²) in [5.74, 6) is 2.32. The first kappa shape index (κ1) is 18.7. The highest BCUT2D eigenvalue weighted by atomic mass is 32.2. The molecule has 0 unspecified atom stereocenters. The first-order valence-electron chi connectivity index (χ1n) is 9.41. The molecule has 0 atom stereocenters. The Morgan fingerprint density at radius 3 is 2.50 bits per heavy atom. The lowest BCUT2D eigenvalue weighted by molar-refractivity contribution is -0.128. The SMILES string of the molecule is Cc1nc(N2CCN(C(=O)CSc3ccccc3)CC2)c2c(n1)c(C)nn2C. The van der Waals surface area contributed by atoms with E-state index in [1.165, 1.54) is 0 Å². The molecule has 0 radical (unpaired) electrons. The summed E-state index contributed by atoms with van der Waals surface area (Å²) in [7, 11) is 1.93. The fourth-order valence-corrected chi connectivity index (χ4v) is 4.39. The van der Waals surface area contributed by atoms with Crippen LogP contribution in [0.15, 0.2) is 35.2 Å². The number of hydrogen-bond donors (Lipinski definition) is 0. The van der Waals surface area contributed by atoms with Crippen molar-refractivity contribution >= 4 is 34.5 Å². The van der Waals surface area contributed by atoms with Crippen molar-refractivity contribution in [1.29, 1.82) is 0 Å². The Morgan fingerprint density at radius 1 is 1.07 bits per heavy atom. The number of aromatic nitrogens is 4. The zero-order valence-electron chi connectivity index (χ0n) is 16.4. The molecule has 7 nitrogen and oxygen atoms in total. The third-order valence-corrected chi connectivity index (χ3v) is 5.98. The lowest BCUT2D eigenvalue weighted by Crippen LogP contribution is -2.49. The molecule has 0 bridgehead atoms. The van der Waals surface area contributed by atoms with Crippen LogP contribution in [0.5, 0.6) is 0 Å². The summed E-state index contributed by atoms with van der Waals surface area (Å²) in [5.41, 5.74) is 2.78. The predicted octanol–water partition coefficient (Wildman–Crippen LogP) is 2.42. The van der Waals surface area contributed by atoms with Crippen LogP contribution in [-0.2, 0) is 11.8 Å². The zero-order chi connectivity index (χ0) is 19.7. The topological polar surface area (TPSA) is 67.2 Å². The molecule has 1 aromatic carbocycles. The minimum atomic E-state index is 0.189. The molecule has 3 aromatic rings. The van der Waals surface area contributed by atoms with Crippen molar-refractivity contribution in [2.75, 3.05) is 36.8 Å². The molecular formula is C20H24N6OS. The average molecular weight is 397 g/mol. The smallest absolute Gasteiger partial charge is 0.233 e. The van der Waals surface area contributed by atoms with E-state index in [9.17, 15) is 4.79 Å². The molecule has 0 saturated carbocycles. The lowest BCUT2D eigenvalue weighted by Gasteiger charge is -2.35. The molecule has 146 valence electrons. The first-order valence-corrected chi connectivity index (χ1v) is 10.4. The Morgan fingerprint density at radius 2 is 1.79 bits per heavy atom. The van der Waals surface area contributed by atoms with Crippen LogP contribution in [0.2, 0.25) is 0 Å². The second kappa shape index (κ2) is 7.79. The highest BCUT2D eigenvalue weighted by molar-refractivity contribution is 8.00. The van der Waals surface area contributed by atoms with E-state index in [1.807, 2.05) is 60.8 Å². The van der Waals surface area contributed by atoms with E-state index in [-0.39, 0.29) is 5.91 Å². The summed E-state index contributed by atoms with van der Waals surface area (Å²) in [4.78, 5) is 27.2. The van der Waals surface area contributed by atoms with Crippen LogP contribution < -0.4 is 4.90 Å². The van der Waals surface area contributed by atoms with Crippen molar-refractivity contribution in [3.63, 3.8) is 0 Å². The summed E-state index contributed by atoms with van der Waals surface area (Å²) >= 11 is 1.59. The number of aryl methyl sites for hydroxylation is 3. The maximum Gasteiger partial charge on any atom is 0.233 e. The molecule has 1 aliphatic heterocycles.